The summed E-state index contributed by atoms with van der Waals surface area (Å²) < 4.78 is 71.9. The molecule has 0 unspecified atom stereocenters. The molecule has 0 fully saturated rings. The Morgan fingerprint density at radius 1 is 0.968 bits per heavy atom. The second-order valence-corrected chi connectivity index (χ2v) is 8.50. The number of hydrogen-bond donors (Lipinski definition) is 0. The van der Waals surface area contributed by atoms with Crippen LogP contribution in [-0.4, -0.2) is 21.4 Å². The highest BCUT2D eigenvalue weighted by atomic mass is 35.5. The van der Waals surface area contributed by atoms with Crippen molar-refractivity contribution in [2.24, 2.45) is 0 Å². The Bertz CT molecular complexity index is 1210. The molecular formula is C21H15ClF3NO4S. The van der Waals surface area contributed by atoms with Crippen LogP contribution in [0.4, 0.5) is 18.9 Å². The van der Waals surface area contributed by atoms with Gasteiger partial charge >= 0.3 is 6.18 Å². The Morgan fingerprint density at radius 3 is 2.23 bits per heavy atom. The number of sulfonamides is 1. The molecule has 10 heteroatoms. The van der Waals surface area contributed by atoms with E-state index in [9.17, 15) is 26.4 Å². The number of amides is 1. The number of rotatable bonds is 5. The number of anilines is 1. The van der Waals surface area contributed by atoms with E-state index in [1.807, 2.05) is 0 Å². The molecule has 0 saturated heterocycles. The molecule has 0 spiro atoms. The summed E-state index contributed by atoms with van der Waals surface area (Å²) >= 11 is 5.81. The van der Waals surface area contributed by atoms with E-state index in [-0.39, 0.29) is 21.2 Å². The molecule has 0 aliphatic heterocycles. The van der Waals surface area contributed by atoms with Gasteiger partial charge in [0.05, 0.1) is 28.8 Å². The average Bonchev–Trinajstić information content (AvgIpc) is 2.73. The fourth-order valence-corrected chi connectivity index (χ4v) is 4.34. The highest BCUT2D eigenvalue weighted by Gasteiger charge is 2.36. The Hall–Kier alpha value is -3.04. The molecule has 0 aromatic heterocycles. The SMILES string of the molecule is COc1ccccc1C(=O)N(c1cccc(C(F)(F)F)c1)S(=O)(=O)c1ccc(Cl)cc1. The van der Waals surface area contributed by atoms with Crippen LogP contribution in [-0.2, 0) is 16.2 Å². The van der Waals surface area contributed by atoms with Crippen molar-refractivity contribution in [3.63, 3.8) is 0 Å². The Kier molecular flexibility index (Phi) is 6.28. The van der Waals surface area contributed by atoms with E-state index in [0.717, 1.165) is 30.3 Å². The monoisotopic (exact) mass is 469 g/mol. The normalized spacial score (nSPS) is 11.8. The highest BCUT2D eigenvalue weighted by Crippen LogP contribution is 2.35. The van der Waals surface area contributed by atoms with Gasteiger partial charge in [0, 0.05) is 5.02 Å². The van der Waals surface area contributed by atoms with Crippen LogP contribution < -0.4 is 9.04 Å². The number of halogens is 4. The van der Waals surface area contributed by atoms with E-state index < -0.39 is 33.4 Å². The number of alkyl halides is 3. The van der Waals surface area contributed by atoms with Gasteiger partial charge in [-0.3, -0.25) is 4.79 Å². The average molecular weight is 470 g/mol. The van der Waals surface area contributed by atoms with Gasteiger partial charge in [-0.2, -0.15) is 17.5 Å². The largest absolute Gasteiger partial charge is 0.496 e. The first-order valence-electron chi connectivity index (χ1n) is 8.71. The molecule has 3 aromatic rings. The van der Waals surface area contributed by atoms with Crippen molar-refractivity contribution in [1.29, 1.82) is 0 Å². The number of benzene rings is 3. The standard InChI is InChI=1S/C21H15ClF3NO4S/c1-30-19-8-3-2-7-18(19)20(27)26(16-6-4-5-14(13-16)21(23,24)25)31(28,29)17-11-9-15(22)10-12-17/h2-13H,1H3. The lowest BCUT2D eigenvalue weighted by atomic mass is 10.1. The number of hydrogen-bond acceptors (Lipinski definition) is 4. The second-order valence-electron chi connectivity index (χ2n) is 6.28. The van der Waals surface area contributed by atoms with Crippen LogP contribution in [0.5, 0.6) is 5.75 Å². The fourth-order valence-electron chi connectivity index (χ4n) is 2.82. The smallest absolute Gasteiger partial charge is 0.416 e. The second kappa shape index (κ2) is 8.60. The van der Waals surface area contributed by atoms with E-state index in [4.69, 9.17) is 16.3 Å². The Morgan fingerprint density at radius 2 is 1.61 bits per heavy atom. The van der Waals surface area contributed by atoms with Crippen molar-refractivity contribution >= 4 is 33.2 Å². The summed E-state index contributed by atoms with van der Waals surface area (Å²) in [6, 6.07) is 14.2. The molecule has 0 N–H and O–H groups in total. The van der Waals surface area contributed by atoms with Gasteiger partial charge in [0.15, 0.2) is 0 Å². The maximum absolute atomic E-state index is 13.4. The van der Waals surface area contributed by atoms with Crippen molar-refractivity contribution in [3.8, 4) is 5.75 Å². The summed E-state index contributed by atoms with van der Waals surface area (Å²) in [6.45, 7) is 0. The minimum atomic E-state index is -4.74. The Balaban J connectivity index is 2.24. The molecule has 0 aliphatic rings. The van der Waals surface area contributed by atoms with Crippen molar-refractivity contribution in [3.05, 3.63) is 88.9 Å². The predicted octanol–water partition coefficient (Wildman–Crippen LogP) is 5.40. The first-order valence-corrected chi connectivity index (χ1v) is 10.5. The van der Waals surface area contributed by atoms with Crippen LogP contribution >= 0.6 is 11.6 Å². The summed E-state index contributed by atoms with van der Waals surface area (Å²) in [6.07, 6.45) is -4.74. The summed E-state index contributed by atoms with van der Waals surface area (Å²) in [7, 11) is -3.32. The molecule has 0 heterocycles. The molecule has 1 amide bonds. The minimum absolute atomic E-state index is 0.0655. The van der Waals surface area contributed by atoms with Gasteiger partial charge in [-0.05, 0) is 54.6 Å². The minimum Gasteiger partial charge on any atom is -0.496 e. The van der Waals surface area contributed by atoms with Crippen LogP contribution in [0, 0.1) is 0 Å². The highest BCUT2D eigenvalue weighted by molar-refractivity contribution is 7.93. The topological polar surface area (TPSA) is 63.7 Å². The first kappa shape index (κ1) is 22.6. The van der Waals surface area contributed by atoms with Crippen molar-refractivity contribution in [2.75, 3.05) is 11.4 Å². The van der Waals surface area contributed by atoms with E-state index in [1.54, 1.807) is 6.07 Å². The Labute approximate surface area is 181 Å². The maximum atomic E-state index is 13.4. The molecule has 5 nitrogen and oxygen atoms in total. The lowest BCUT2D eigenvalue weighted by Gasteiger charge is -2.24. The van der Waals surface area contributed by atoms with Crippen LogP contribution in [0.3, 0.4) is 0 Å². The quantitative estimate of drug-likeness (QED) is 0.501. The predicted molar refractivity (Wildman–Crippen MR) is 110 cm³/mol. The van der Waals surface area contributed by atoms with Gasteiger partial charge in [0.1, 0.15) is 5.75 Å². The molecule has 162 valence electrons. The van der Waals surface area contributed by atoms with Crippen LogP contribution in [0.15, 0.2) is 77.7 Å². The number of ether oxygens (including phenoxy) is 1. The summed E-state index contributed by atoms with van der Waals surface area (Å²) in [5.74, 6) is -1.01. The summed E-state index contributed by atoms with van der Waals surface area (Å²) in [5, 5.41) is 0.251. The molecule has 0 saturated carbocycles. The third kappa shape index (κ3) is 4.67. The number of para-hydroxylation sites is 1. The fraction of sp³-hybridized carbons (Fsp3) is 0.0952. The summed E-state index contributed by atoms with van der Waals surface area (Å²) in [5.41, 5.74) is -1.71. The van der Waals surface area contributed by atoms with E-state index >= 15 is 0 Å². The number of nitrogens with zero attached hydrogens (tertiary/aromatic N) is 1. The zero-order valence-electron chi connectivity index (χ0n) is 15.9. The summed E-state index contributed by atoms with van der Waals surface area (Å²) in [4.78, 5) is 13.0. The third-order valence-electron chi connectivity index (χ3n) is 4.28. The molecule has 3 rings (SSSR count). The third-order valence-corrected chi connectivity index (χ3v) is 6.26. The van der Waals surface area contributed by atoms with Crippen LogP contribution in [0.25, 0.3) is 0 Å². The lowest BCUT2D eigenvalue weighted by molar-refractivity contribution is -0.137. The van der Waals surface area contributed by atoms with Gasteiger partial charge in [-0.25, -0.2) is 8.42 Å². The lowest BCUT2D eigenvalue weighted by Crippen LogP contribution is -2.37. The van der Waals surface area contributed by atoms with Crippen LogP contribution in [0.2, 0.25) is 5.02 Å². The molecule has 0 bridgehead atoms. The van der Waals surface area contributed by atoms with Gasteiger partial charge in [-0.1, -0.05) is 29.8 Å². The zero-order chi connectivity index (χ0) is 22.8. The van der Waals surface area contributed by atoms with E-state index in [1.165, 1.54) is 37.4 Å². The van der Waals surface area contributed by atoms with Crippen molar-refractivity contribution in [2.45, 2.75) is 11.1 Å². The number of carbonyl (C=O) groups is 1. The molecule has 31 heavy (non-hydrogen) atoms. The zero-order valence-corrected chi connectivity index (χ0v) is 17.5. The maximum Gasteiger partial charge on any atom is 0.416 e. The molecular weight excluding hydrogens is 455 g/mol. The van der Waals surface area contributed by atoms with Gasteiger partial charge < -0.3 is 4.74 Å². The molecule has 0 aliphatic carbocycles. The van der Waals surface area contributed by atoms with Gasteiger partial charge in [0.25, 0.3) is 15.9 Å². The van der Waals surface area contributed by atoms with Crippen molar-refractivity contribution < 1.29 is 31.1 Å². The molecule has 3 aromatic carbocycles. The van der Waals surface area contributed by atoms with Gasteiger partial charge in [0.2, 0.25) is 0 Å². The number of carbonyl (C=O) groups excluding carboxylic acids is 1. The van der Waals surface area contributed by atoms with Gasteiger partial charge in [-0.15, -0.1) is 0 Å². The van der Waals surface area contributed by atoms with E-state index in [0.29, 0.717) is 10.4 Å². The van der Waals surface area contributed by atoms with Crippen LogP contribution in [0.1, 0.15) is 15.9 Å². The number of methoxy groups -OCH3 is 1. The molecule has 0 radical (unpaired) electrons. The van der Waals surface area contributed by atoms with E-state index in [2.05, 4.69) is 0 Å². The molecule has 0 atom stereocenters. The van der Waals surface area contributed by atoms with Crippen molar-refractivity contribution in [1.82, 2.24) is 0 Å². The first-order chi connectivity index (χ1) is 14.6.